The number of nitrogens with zero attached hydrogens (tertiary/aromatic N) is 1. The molecule has 0 spiro atoms. The standard InChI is InChI=1S/C14H25NO4/c1-9(2)10-7-8-15(11(10)12(16)18-6)13(17)19-14(3,4)5/h9-11H,7-8H2,1-6H3/t10?,11-/m0/s1. The minimum absolute atomic E-state index is 0.125. The van der Waals surface area contributed by atoms with Crippen molar-refractivity contribution in [1.82, 2.24) is 4.90 Å². The molecule has 1 unspecified atom stereocenters. The van der Waals surface area contributed by atoms with E-state index in [1.54, 1.807) is 0 Å². The number of esters is 1. The molecule has 5 nitrogen and oxygen atoms in total. The number of hydrogen-bond donors (Lipinski definition) is 0. The molecule has 1 saturated heterocycles. The zero-order valence-electron chi connectivity index (χ0n) is 12.7. The van der Waals surface area contributed by atoms with Crippen molar-refractivity contribution in [3.05, 3.63) is 0 Å². The van der Waals surface area contributed by atoms with E-state index >= 15 is 0 Å². The maximum atomic E-state index is 12.2. The Labute approximate surface area is 115 Å². The van der Waals surface area contributed by atoms with Crippen LogP contribution >= 0.6 is 0 Å². The van der Waals surface area contributed by atoms with Crippen LogP contribution in [0, 0.1) is 11.8 Å². The lowest BCUT2D eigenvalue weighted by Crippen LogP contribution is -2.46. The summed E-state index contributed by atoms with van der Waals surface area (Å²) in [5.74, 6) is 0.0820. The summed E-state index contributed by atoms with van der Waals surface area (Å²) in [4.78, 5) is 25.6. The molecule has 1 amide bonds. The summed E-state index contributed by atoms with van der Waals surface area (Å²) in [6.07, 6.45) is 0.363. The van der Waals surface area contributed by atoms with Gasteiger partial charge in [0.05, 0.1) is 7.11 Å². The smallest absolute Gasteiger partial charge is 0.411 e. The Morgan fingerprint density at radius 3 is 2.26 bits per heavy atom. The van der Waals surface area contributed by atoms with Crippen LogP contribution in [0.3, 0.4) is 0 Å². The van der Waals surface area contributed by atoms with Crippen molar-refractivity contribution in [3.63, 3.8) is 0 Å². The van der Waals surface area contributed by atoms with E-state index in [1.165, 1.54) is 12.0 Å². The SMILES string of the molecule is COC(=O)[C@@H]1C(C(C)C)CCN1C(=O)OC(C)(C)C. The number of hydrogen-bond acceptors (Lipinski definition) is 4. The lowest BCUT2D eigenvalue weighted by molar-refractivity contribution is -0.147. The average Bonchev–Trinajstić information content (AvgIpc) is 2.70. The minimum Gasteiger partial charge on any atom is -0.467 e. The van der Waals surface area contributed by atoms with Crippen LogP contribution < -0.4 is 0 Å². The lowest BCUT2D eigenvalue weighted by atomic mass is 9.89. The van der Waals surface area contributed by atoms with Gasteiger partial charge < -0.3 is 9.47 Å². The number of ether oxygens (including phenoxy) is 2. The fourth-order valence-electron chi connectivity index (χ4n) is 2.46. The molecule has 0 aromatic rings. The van der Waals surface area contributed by atoms with Gasteiger partial charge in [0.15, 0.2) is 0 Å². The van der Waals surface area contributed by atoms with Crippen LogP contribution in [-0.4, -0.2) is 42.3 Å². The quantitative estimate of drug-likeness (QED) is 0.724. The molecule has 110 valence electrons. The molecule has 0 aliphatic carbocycles. The second-order valence-corrected chi connectivity index (χ2v) is 6.34. The summed E-state index contributed by atoms with van der Waals surface area (Å²) in [5.41, 5.74) is -0.562. The third-order valence-electron chi connectivity index (χ3n) is 3.37. The second kappa shape index (κ2) is 5.80. The van der Waals surface area contributed by atoms with Crippen molar-refractivity contribution in [2.24, 2.45) is 11.8 Å². The number of rotatable bonds is 2. The predicted molar refractivity (Wildman–Crippen MR) is 71.7 cm³/mol. The first-order valence-electron chi connectivity index (χ1n) is 6.75. The summed E-state index contributed by atoms with van der Waals surface area (Å²) in [5, 5.41) is 0. The Morgan fingerprint density at radius 1 is 1.26 bits per heavy atom. The van der Waals surface area contributed by atoms with Gasteiger partial charge in [0.2, 0.25) is 0 Å². The van der Waals surface area contributed by atoms with E-state index < -0.39 is 17.7 Å². The van der Waals surface area contributed by atoms with Crippen molar-refractivity contribution in [2.75, 3.05) is 13.7 Å². The van der Waals surface area contributed by atoms with Crippen LogP contribution in [0.5, 0.6) is 0 Å². The van der Waals surface area contributed by atoms with Crippen molar-refractivity contribution in [1.29, 1.82) is 0 Å². The maximum absolute atomic E-state index is 12.2. The van der Waals surface area contributed by atoms with Gasteiger partial charge in [-0.05, 0) is 39.0 Å². The molecular formula is C14H25NO4. The van der Waals surface area contributed by atoms with Gasteiger partial charge in [0.25, 0.3) is 0 Å². The van der Waals surface area contributed by atoms with Gasteiger partial charge in [0.1, 0.15) is 11.6 Å². The molecule has 1 heterocycles. The van der Waals surface area contributed by atoms with E-state index in [0.717, 1.165) is 6.42 Å². The van der Waals surface area contributed by atoms with Crippen LogP contribution in [0.25, 0.3) is 0 Å². The van der Waals surface area contributed by atoms with Crippen molar-refractivity contribution in [3.8, 4) is 0 Å². The maximum Gasteiger partial charge on any atom is 0.411 e. The molecule has 0 bridgehead atoms. The van der Waals surface area contributed by atoms with Gasteiger partial charge in [-0.1, -0.05) is 13.8 Å². The van der Waals surface area contributed by atoms with E-state index in [9.17, 15) is 9.59 Å². The van der Waals surface area contributed by atoms with Gasteiger partial charge in [-0.25, -0.2) is 9.59 Å². The molecule has 1 aliphatic heterocycles. The summed E-state index contributed by atoms with van der Waals surface area (Å²) >= 11 is 0. The zero-order valence-corrected chi connectivity index (χ0v) is 12.7. The molecule has 5 heteroatoms. The van der Waals surface area contributed by atoms with E-state index in [2.05, 4.69) is 13.8 Å². The topological polar surface area (TPSA) is 55.8 Å². The average molecular weight is 271 g/mol. The van der Waals surface area contributed by atoms with E-state index in [0.29, 0.717) is 12.5 Å². The minimum atomic E-state index is -0.562. The van der Waals surface area contributed by atoms with Gasteiger partial charge >= 0.3 is 12.1 Å². The monoisotopic (exact) mass is 271 g/mol. The van der Waals surface area contributed by atoms with E-state index in [-0.39, 0.29) is 11.9 Å². The predicted octanol–water partition coefficient (Wildman–Crippen LogP) is 2.44. The number of methoxy groups -OCH3 is 1. The first-order valence-corrected chi connectivity index (χ1v) is 6.75. The number of carbonyl (C=O) groups excluding carboxylic acids is 2. The highest BCUT2D eigenvalue weighted by molar-refractivity contribution is 5.82. The molecule has 0 aromatic heterocycles. The highest BCUT2D eigenvalue weighted by Gasteiger charge is 2.45. The van der Waals surface area contributed by atoms with Crippen molar-refractivity contribution >= 4 is 12.1 Å². The Kier molecular flexibility index (Phi) is 4.82. The van der Waals surface area contributed by atoms with E-state index in [1.807, 2.05) is 20.8 Å². The van der Waals surface area contributed by atoms with Crippen LogP contribution in [0.4, 0.5) is 4.79 Å². The Morgan fingerprint density at radius 2 is 1.84 bits per heavy atom. The Bertz CT molecular complexity index is 346. The highest BCUT2D eigenvalue weighted by Crippen LogP contribution is 2.32. The third-order valence-corrected chi connectivity index (χ3v) is 3.37. The molecule has 1 fully saturated rings. The molecule has 0 N–H and O–H groups in total. The van der Waals surface area contributed by atoms with Crippen LogP contribution in [0.2, 0.25) is 0 Å². The normalized spacial score (nSPS) is 23.6. The Balaban J connectivity index is 2.88. The molecule has 0 saturated carbocycles. The zero-order chi connectivity index (χ0) is 14.8. The molecule has 1 aliphatic rings. The van der Waals surface area contributed by atoms with Gasteiger partial charge in [-0.15, -0.1) is 0 Å². The molecule has 1 rings (SSSR count). The summed E-state index contributed by atoms with van der Waals surface area (Å²) < 4.78 is 10.2. The van der Waals surface area contributed by atoms with Gasteiger partial charge in [-0.3, -0.25) is 4.90 Å². The fourth-order valence-corrected chi connectivity index (χ4v) is 2.46. The first-order chi connectivity index (χ1) is 8.67. The molecule has 19 heavy (non-hydrogen) atoms. The molecular weight excluding hydrogens is 246 g/mol. The lowest BCUT2D eigenvalue weighted by Gasteiger charge is -2.30. The second-order valence-electron chi connectivity index (χ2n) is 6.34. The van der Waals surface area contributed by atoms with Crippen LogP contribution in [0.15, 0.2) is 0 Å². The highest BCUT2D eigenvalue weighted by atomic mass is 16.6. The third kappa shape index (κ3) is 3.85. The summed E-state index contributed by atoms with van der Waals surface area (Å²) in [6, 6.07) is -0.528. The summed E-state index contributed by atoms with van der Waals surface area (Å²) in [7, 11) is 1.35. The van der Waals surface area contributed by atoms with Gasteiger partial charge in [-0.2, -0.15) is 0 Å². The molecule has 0 aromatic carbocycles. The fraction of sp³-hybridized carbons (Fsp3) is 0.857. The van der Waals surface area contributed by atoms with Crippen molar-refractivity contribution < 1.29 is 19.1 Å². The number of amides is 1. The molecule has 0 radical (unpaired) electrons. The number of carbonyl (C=O) groups is 2. The largest absolute Gasteiger partial charge is 0.467 e. The number of likely N-dealkylation sites (tertiary alicyclic amines) is 1. The first kappa shape index (κ1) is 15.8. The summed E-state index contributed by atoms with van der Waals surface area (Å²) in [6.45, 7) is 10.1. The van der Waals surface area contributed by atoms with Crippen molar-refractivity contribution in [2.45, 2.75) is 52.7 Å². The Hall–Kier alpha value is -1.26. The van der Waals surface area contributed by atoms with Crippen LogP contribution in [0.1, 0.15) is 41.0 Å². The molecule has 2 atom stereocenters. The van der Waals surface area contributed by atoms with Gasteiger partial charge in [0, 0.05) is 6.54 Å². The van der Waals surface area contributed by atoms with E-state index in [4.69, 9.17) is 9.47 Å². The van der Waals surface area contributed by atoms with Crippen LogP contribution in [-0.2, 0) is 14.3 Å².